The first kappa shape index (κ1) is 13.1. The van der Waals surface area contributed by atoms with E-state index < -0.39 is 10.1 Å². The molecular formula is C13H14O3S2. The highest BCUT2D eigenvalue weighted by atomic mass is 32.2. The molecule has 18 heavy (non-hydrogen) atoms. The van der Waals surface area contributed by atoms with Crippen LogP contribution in [0.15, 0.2) is 46.7 Å². The summed E-state index contributed by atoms with van der Waals surface area (Å²) in [5, 5.41) is 2.16. The number of hydrogen-bond acceptors (Lipinski definition) is 4. The van der Waals surface area contributed by atoms with Gasteiger partial charge in [0.15, 0.2) is 5.06 Å². The summed E-state index contributed by atoms with van der Waals surface area (Å²) in [5.74, 6) is 0. The van der Waals surface area contributed by atoms with Gasteiger partial charge in [0.1, 0.15) is 4.90 Å². The number of hydrogen-bond donors (Lipinski definition) is 0. The van der Waals surface area contributed by atoms with Crippen LogP contribution in [0.5, 0.6) is 5.06 Å². The van der Waals surface area contributed by atoms with Crippen molar-refractivity contribution in [2.45, 2.75) is 24.7 Å². The molecule has 0 bridgehead atoms. The van der Waals surface area contributed by atoms with Crippen LogP contribution in [0, 0.1) is 0 Å². The van der Waals surface area contributed by atoms with Gasteiger partial charge in [0.25, 0.3) is 0 Å². The summed E-state index contributed by atoms with van der Waals surface area (Å²) in [5.41, 5.74) is 1.13. The van der Waals surface area contributed by atoms with Gasteiger partial charge in [0.2, 0.25) is 0 Å². The molecule has 1 aromatic heterocycles. The first-order valence-corrected chi connectivity index (χ1v) is 7.97. The highest BCUT2D eigenvalue weighted by molar-refractivity contribution is 7.87. The highest BCUT2D eigenvalue weighted by Gasteiger charge is 2.16. The summed E-state index contributed by atoms with van der Waals surface area (Å²) in [6.07, 6.45) is 1.99. The van der Waals surface area contributed by atoms with Gasteiger partial charge in [0.05, 0.1) is 0 Å². The lowest BCUT2D eigenvalue weighted by Gasteiger charge is -2.05. The fraction of sp³-hybridized carbons (Fsp3) is 0.231. The van der Waals surface area contributed by atoms with Crippen molar-refractivity contribution in [1.82, 2.24) is 0 Å². The lowest BCUT2D eigenvalue weighted by atomic mass is 10.1. The van der Waals surface area contributed by atoms with E-state index in [0.29, 0.717) is 5.06 Å². The normalized spacial score (nSPS) is 11.4. The molecule has 1 heterocycles. The predicted octanol–water partition coefficient (Wildman–Crippen LogP) is 3.47. The zero-order valence-corrected chi connectivity index (χ0v) is 11.6. The maximum Gasteiger partial charge on any atom is 0.339 e. The second kappa shape index (κ2) is 5.54. The first-order chi connectivity index (χ1) is 8.62. The molecule has 5 heteroatoms. The van der Waals surface area contributed by atoms with Gasteiger partial charge in [-0.1, -0.05) is 25.5 Å². The van der Waals surface area contributed by atoms with E-state index in [1.54, 1.807) is 29.6 Å². The molecule has 0 saturated carbocycles. The van der Waals surface area contributed by atoms with E-state index in [2.05, 4.69) is 6.92 Å². The van der Waals surface area contributed by atoms with Gasteiger partial charge < -0.3 is 4.18 Å². The molecule has 2 rings (SSSR count). The van der Waals surface area contributed by atoms with Crippen LogP contribution in [0.2, 0.25) is 0 Å². The van der Waals surface area contributed by atoms with Crippen molar-refractivity contribution in [2.75, 3.05) is 0 Å². The molecule has 0 unspecified atom stereocenters. The van der Waals surface area contributed by atoms with Crippen LogP contribution in [-0.2, 0) is 16.5 Å². The van der Waals surface area contributed by atoms with Crippen molar-refractivity contribution in [3.8, 4) is 5.06 Å². The summed E-state index contributed by atoms with van der Waals surface area (Å²) in [6, 6.07) is 10.2. The smallest absolute Gasteiger partial charge is 0.339 e. The van der Waals surface area contributed by atoms with Crippen LogP contribution in [0.1, 0.15) is 18.9 Å². The first-order valence-electron chi connectivity index (χ1n) is 5.69. The minimum absolute atomic E-state index is 0.191. The Morgan fingerprint density at radius 3 is 2.44 bits per heavy atom. The summed E-state index contributed by atoms with van der Waals surface area (Å²) in [6.45, 7) is 2.09. The number of thiophene rings is 1. The Hall–Kier alpha value is -1.33. The van der Waals surface area contributed by atoms with Crippen LogP contribution in [0.4, 0.5) is 0 Å². The van der Waals surface area contributed by atoms with Gasteiger partial charge in [0, 0.05) is 0 Å². The van der Waals surface area contributed by atoms with E-state index in [-0.39, 0.29) is 4.90 Å². The van der Waals surface area contributed by atoms with Crippen LogP contribution in [-0.4, -0.2) is 8.42 Å². The van der Waals surface area contributed by atoms with Crippen molar-refractivity contribution < 1.29 is 12.6 Å². The fourth-order valence-corrected chi connectivity index (χ4v) is 3.29. The van der Waals surface area contributed by atoms with Gasteiger partial charge in [-0.25, -0.2) is 0 Å². The lowest BCUT2D eigenvalue weighted by Crippen LogP contribution is -2.08. The molecule has 0 radical (unpaired) electrons. The van der Waals surface area contributed by atoms with Crippen LogP contribution in [0.3, 0.4) is 0 Å². The number of benzene rings is 1. The molecule has 0 aliphatic heterocycles. The second-order valence-corrected chi connectivity index (χ2v) is 6.32. The molecule has 2 aromatic rings. The number of rotatable bonds is 5. The van der Waals surface area contributed by atoms with Crippen LogP contribution >= 0.6 is 11.3 Å². The maximum absolute atomic E-state index is 12.0. The average Bonchev–Trinajstić information content (AvgIpc) is 2.82. The predicted molar refractivity (Wildman–Crippen MR) is 72.6 cm³/mol. The molecule has 3 nitrogen and oxygen atoms in total. The van der Waals surface area contributed by atoms with Gasteiger partial charge in [-0.3, -0.25) is 0 Å². The van der Waals surface area contributed by atoms with Crippen LogP contribution in [0.25, 0.3) is 0 Å². The summed E-state index contributed by atoms with van der Waals surface area (Å²) < 4.78 is 28.9. The molecule has 0 aliphatic rings. The number of aryl methyl sites for hydroxylation is 1. The molecule has 96 valence electrons. The SMILES string of the molecule is CCCc1ccc(S(=O)(=O)Oc2cccs2)cc1. The van der Waals surface area contributed by atoms with Crippen molar-refractivity contribution in [2.24, 2.45) is 0 Å². The van der Waals surface area contributed by atoms with Gasteiger partial charge >= 0.3 is 10.1 Å². The van der Waals surface area contributed by atoms with Crippen LogP contribution < -0.4 is 4.18 Å². The Labute approximate surface area is 111 Å². The van der Waals surface area contributed by atoms with E-state index in [4.69, 9.17) is 4.18 Å². The van der Waals surface area contributed by atoms with E-state index in [1.807, 2.05) is 12.1 Å². The third-order valence-electron chi connectivity index (χ3n) is 2.44. The molecule has 0 amide bonds. The van der Waals surface area contributed by atoms with E-state index in [0.717, 1.165) is 18.4 Å². The lowest BCUT2D eigenvalue weighted by molar-refractivity contribution is 0.492. The summed E-state index contributed by atoms with van der Waals surface area (Å²) in [4.78, 5) is 0.191. The van der Waals surface area contributed by atoms with Gasteiger partial charge in [-0.15, -0.1) is 11.3 Å². The zero-order chi connectivity index (χ0) is 13.0. The maximum atomic E-state index is 12.0. The minimum atomic E-state index is -3.70. The Morgan fingerprint density at radius 2 is 1.89 bits per heavy atom. The van der Waals surface area contributed by atoms with Gasteiger partial charge in [-0.2, -0.15) is 8.42 Å². The second-order valence-electron chi connectivity index (χ2n) is 3.86. The molecule has 0 N–H and O–H groups in total. The average molecular weight is 282 g/mol. The quantitative estimate of drug-likeness (QED) is 0.789. The van der Waals surface area contributed by atoms with Gasteiger partial charge in [-0.05, 0) is 41.6 Å². The van der Waals surface area contributed by atoms with Crippen molar-refractivity contribution in [3.05, 3.63) is 47.3 Å². The molecule has 0 spiro atoms. The minimum Gasteiger partial charge on any atom is -0.368 e. The highest BCUT2D eigenvalue weighted by Crippen LogP contribution is 2.23. The van der Waals surface area contributed by atoms with E-state index in [9.17, 15) is 8.42 Å². The fourth-order valence-electron chi connectivity index (χ4n) is 1.58. The molecule has 0 saturated heterocycles. The third-order valence-corrected chi connectivity index (χ3v) is 4.54. The Morgan fingerprint density at radius 1 is 1.17 bits per heavy atom. The largest absolute Gasteiger partial charge is 0.368 e. The molecule has 0 aliphatic carbocycles. The van der Waals surface area contributed by atoms with E-state index in [1.165, 1.54) is 11.3 Å². The third kappa shape index (κ3) is 3.11. The Bertz CT molecular complexity index is 584. The Balaban J connectivity index is 2.19. The summed E-state index contributed by atoms with van der Waals surface area (Å²) in [7, 11) is -3.70. The molecule has 0 atom stereocenters. The van der Waals surface area contributed by atoms with E-state index >= 15 is 0 Å². The summed E-state index contributed by atoms with van der Waals surface area (Å²) >= 11 is 1.25. The standard InChI is InChI=1S/C13H14O3S2/c1-2-4-11-6-8-12(9-7-11)18(14,15)16-13-5-3-10-17-13/h3,5-10H,2,4H2,1H3. The topological polar surface area (TPSA) is 43.4 Å². The molecule has 1 aromatic carbocycles. The van der Waals surface area contributed by atoms with Crippen molar-refractivity contribution in [3.63, 3.8) is 0 Å². The molecular weight excluding hydrogens is 268 g/mol. The molecule has 0 fully saturated rings. The Kier molecular flexibility index (Phi) is 4.04. The zero-order valence-electron chi connectivity index (χ0n) is 10.00. The van der Waals surface area contributed by atoms with Crippen molar-refractivity contribution in [1.29, 1.82) is 0 Å². The monoisotopic (exact) mass is 282 g/mol. The van der Waals surface area contributed by atoms with Crippen molar-refractivity contribution >= 4 is 21.5 Å².